The SMILES string of the molecule is Cc1nc(S)ccc1N. The second-order valence-corrected chi connectivity index (χ2v) is 2.30. The minimum absolute atomic E-state index is 0.710. The first-order valence-electron chi connectivity index (χ1n) is 2.62. The quantitative estimate of drug-likeness (QED) is 0.532. The highest BCUT2D eigenvalue weighted by Crippen LogP contribution is 2.09. The lowest BCUT2D eigenvalue weighted by Crippen LogP contribution is -1.91. The molecule has 0 aromatic carbocycles. The molecule has 1 heterocycles. The first-order valence-corrected chi connectivity index (χ1v) is 3.07. The Bertz CT molecular complexity index is 222. The molecule has 0 atom stereocenters. The summed E-state index contributed by atoms with van der Waals surface area (Å²) in [5.41, 5.74) is 7.04. The molecular weight excluding hydrogens is 132 g/mol. The van der Waals surface area contributed by atoms with E-state index in [-0.39, 0.29) is 0 Å². The van der Waals surface area contributed by atoms with Crippen molar-refractivity contribution < 1.29 is 0 Å². The number of pyridine rings is 1. The summed E-state index contributed by atoms with van der Waals surface area (Å²) in [5, 5.41) is 0.710. The summed E-state index contributed by atoms with van der Waals surface area (Å²) in [4.78, 5) is 4.01. The summed E-state index contributed by atoms with van der Waals surface area (Å²) < 4.78 is 0. The van der Waals surface area contributed by atoms with Crippen molar-refractivity contribution in [1.29, 1.82) is 0 Å². The fourth-order valence-corrected chi connectivity index (χ4v) is 0.783. The minimum atomic E-state index is 0.710. The Morgan fingerprint density at radius 2 is 2.22 bits per heavy atom. The summed E-state index contributed by atoms with van der Waals surface area (Å²) in [6.45, 7) is 1.86. The van der Waals surface area contributed by atoms with E-state index in [1.54, 1.807) is 12.1 Å². The van der Waals surface area contributed by atoms with Gasteiger partial charge in [-0.05, 0) is 19.1 Å². The van der Waals surface area contributed by atoms with Gasteiger partial charge in [0.1, 0.15) is 0 Å². The molecule has 2 nitrogen and oxygen atoms in total. The normalized spacial score (nSPS) is 9.56. The number of hydrogen-bond donors (Lipinski definition) is 2. The van der Waals surface area contributed by atoms with Crippen LogP contribution in [0.15, 0.2) is 17.2 Å². The number of aromatic nitrogens is 1. The number of thiol groups is 1. The van der Waals surface area contributed by atoms with Crippen molar-refractivity contribution in [3.63, 3.8) is 0 Å². The average molecular weight is 140 g/mol. The van der Waals surface area contributed by atoms with Crippen molar-refractivity contribution in [2.45, 2.75) is 11.9 Å². The van der Waals surface area contributed by atoms with E-state index in [9.17, 15) is 0 Å². The van der Waals surface area contributed by atoms with E-state index in [4.69, 9.17) is 5.73 Å². The summed E-state index contributed by atoms with van der Waals surface area (Å²) in [6.07, 6.45) is 0. The van der Waals surface area contributed by atoms with E-state index in [1.165, 1.54) is 0 Å². The van der Waals surface area contributed by atoms with Crippen LogP contribution in [0, 0.1) is 6.92 Å². The van der Waals surface area contributed by atoms with Crippen molar-refractivity contribution in [2.24, 2.45) is 0 Å². The van der Waals surface area contributed by atoms with Gasteiger partial charge in [0.25, 0.3) is 0 Å². The number of hydrogen-bond acceptors (Lipinski definition) is 3. The predicted molar refractivity (Wildman–Crippen MR) is 40.6 cm³/mol. The Labute approximate surface area is 59.5 Å². The van der Waals surface area contributed by atoms with E-state index in [1.807, 2.05) is 6.92 Å². The predicted octanol–water partition coefficient (Wildman–Crippen LogP) is 1.26. The van der Waals surface area contributed by atoms with Crippen LogP contribution in [-0.4, -0.2) is 4.98 Å². The van der Waals surface area contributed by atoms with Crippen LogP contribution in [0.1, 0.15) is 5.69 Å². The third kappa shape index (κ3) is 1.36. The number of aryl methyl sites for hydroxylation is 1. The molecule has 1 aromatic heterocycles. The number of rotatable bonds is 0. The molecule has 0 amide bonds. The van der Waals surface area contributed by atoms with Crippen molar-refractivity contribution in [1.82, 2.24) is 4.98 Å². The zero-order valence-corrected chi connectivity index (χ0v) is 6.02. The fourth-order valence-electron chi connectivity index (χ4n) is 0.559. The van der Waals surface area contributed by atoms with Gasteiger partial charge in [0.05, 0.1) is 16.4 Å². The van der Waals surface area contributed by atoms with Crippen LogP contribution in [-0.2, 0) is 0 Å². The third-order valence-corrected chi connectivity index (χ3v) is 1.36. The van der Waals surface area contributed by atoms with Crippen LogP contribution < -0.4 is 5.73 Å². The van der Waals surface area contributed by atoms with E-state index in [0.717, 1.165) is 5.69 Å². The molecule has 3 heteroatoms. The second-order valence-electron chi connectivity index (χ2n) is 1.84. The van der Waals surface area contributed by atoms with Gasteiger partial charge >= 0.3 is 0 Å². The van der Waals surface area contributed by atoms with E-state index in [2.05, 4.69) is 17.6 Å². The summed E-state index contributed by atoms with van der Waals surface area (Å²) in [6, 6.07) is 3.57. The lowest BCUT2D eigenvalue weighted by molar-refractivity contribution is 1.08. The molecule has 0 aliphatic heterocycles. The lowest BCUT2D eigenvalue weighted by Gasteiger charge is -1.96. The highest BCUT2D eigenvalue weighted by atomic mass is 32.1. The topological polar surface area (TPSA) is 38.9 Å². The molecule has 0 saturated heterocycles. The van der Waals surface area contributed by atoms with Crippen molar-refractivity contribution in [2.75, 3.05) is 5.73 Å². The van der Waals surface area contributed by atoms with Crippen LogP contribution in [0.2, 0.25) is 0 Å². The Hall–Kier alpha value is -0.700. The molecule has 0 saturated carbocycles. The zero-order chi connectivity index (χ0) is 6.85. The minimum Gasteiger partial charge on any atom is -0.397 e. The van der Waals surface area contributed by atoms with Crippen LogP contribution in [0.3, 0.4) is 0 Å². The number of anilines is 1. The molecule has 0 aliphatic carbocycles. The Balaban J connectivity index is 3.17. The van der Waals surface area contributed by atoms with Crippen LogP contribution >= 0.6 is 12.6 Å². The molecular formula is C6H8N2S. The maximum absolute atomic E-state index is 5.49. The maximum Gasteiger partial charge on any atom is 0.0934 e. The van der Waals surface area contributed by atoms with Crippen molar-refractivity contribution >= 4 is 18.3 Å². The molecule has 1 rings (SSSR count). The van der Waals surface area contributed by atoms with E-state index < -0.39 is 0 Å². The molecule has 0 spiro atoms. The first kappa shape index (κ1) is 6.42. The zero-order valence-electron chi connectivity index (χ0n) is 5.13. The van der Waals surface area contributed by atoms with Gasteiger partial charge in [0, 0.05) is 0 Å². The molecule has 0 fully saturated rings. The third-order valence-electron chi connectivity index (χ3n) is 1.11. The number of nitrogens with two attached hydrogens (primary N) is 1. The largest absolute Gasteiger partial charge is 0.397 e. The van der Waals surface area contributed by atoms with Gasteiger partial charge in [0.2, 0.25) is 0 Å². The van der Waals surface area contributed by atoms with Gasteiger partial charge in [-0.2, -0.15) is 0 Å². The Kier molecular flexibility index (Phi) is 1.62. The Morgan fingerprint density at radius 3 is 2.67 bits per heavy atom. The average Bonchev–Trinajstić information content (AvgIpc) is 1.80. The van der Waals surface area contributed by atoms with E-state index in [0.29, 0.717) is 10.7 Å². The Morgan fingerprint density at radius 1 is 1.56 bits per heavy atom. The van der Waals surface area contributed by atoms with Gasteiger partial charge in [-0.1, -0.05) is 0 Å². The van der Waals surface area contributed by atoms with Crippen LogP contribution in [0.5, 0.6) is 0 Å². The standard InChI is InChI=1S/C6H8N2S/c1-4-5(7)2-3-6(9)8-4/h2-3H,7H2,1H3,(H,8,9). The second kappa shape index (κ2) is 2.27. The van der Waals surface area contributed by atoms with Crippen molar-refractivity contribution in [3.8, 4) is 0 Å². The smallest absolute Gasteiger partial charge is 0.0934 e. The monoisotopic (exact) mass is 140 g/mol. The maximum atomic E-state index is 5.49. The molecule has 1 aromatic rings. The van der Waals surface area contributed by atoms with E-state index >= 15 is 0 Å². The fraction of sp³-hybridized carbons (Fsp3) is 0.167. The number of nitrogens with zero attached hydrogens (tertiary/aromatic N) is 1. The van der Waals surface area contributed by atoms with Crippen LogP contribution in [0.4, 0.5) is 5.69 Å². The summed E-state index contributed by atoms with van der Waals surface area (Å²) in [5.74, 6) is 0. The molecule has 0 unspecified atom stereocenters. The molecule has 48 valence electrons. The first-order chi connectivity index (χ1) is 4.20. The molecule has 0 bridgehead atoms. The molecule has 0 radical (unpaired) electrons. The van der Waals surface area contributed by atoms with Gasteiger partial charge in [-0.25, -0.2) is 4.98 Å². The van der Waals surface area contributed by atoms with Crippen molar-refractivity contribution in [3.05, 3.63) is 17.8 Å². The van der Waals surface area contributed by atoms with Crippen LogP contribution in [0.25, 0.3) is 0 Å². The molecule has 9 heavy (non-hydrogen) atoms. The highest BCUT2D eigenvalue weighted by Gasteiger charge is 1.92. The summed E-state index contributed by atoms with van der Waals surface area (Å²) in [7, 11) is 0. The number of nitrogen functional groups attached to an aromatic ring is 1. The van der Waals surface area contributed by atoms with Gasteiger partial charge in [-0.3, -0.25) is 0 Å². The molecule has 2 N–H and O–H groups in total. The van der Waals surface area contributed by atoms with Gasteiger partial charge < -0.3 is 5.73 Å². The highest BCUT2D eigenvalue weighted by molar-refractivity contribution is 7.80. The van der Waals surface area contributed by atoms with Gasteiger partial charge in [-0.15, -0.1) is 12.6 Å². The molecule has 0 aliphatic rings. The summed E-state index contributed by atoms with van der Waals surface area (Å²) >= 11 is 4.03. The van der Waals surface area contributed by atoms with Gasteiger partial charge in [0.15, 0.2) is 0 Å². The lowest BCUT2D eigenvalue weighted by atomic mass is 10.3.